The molecule has 4 aromatic rings. The van der Waals surface area contributed by atoms with Gasteiger partial charge in [0.25, 0.3) is 0 Å². The van der Waals surface area contributed by atoms with E-state index in [-0.39, 0.29) is 0 Å². The van der Waals surface area contributed by atoms with Gasteiger partial charge in [-0.05, 0) is 59.0 Å². The molecule has 0 aliphatic rings. The fourth-order valence-corrected chi connectivity index (χ4v) is 4.50. The van der Waals surface area contributed by atoms with Crippen LogP contribution in [0, 0.1) is 0 Å². The molecular weight excluding hydrogens is 364 g/mol. The van der Waals surface area contributed by atoms with Crippen molar-refractivity contribution in [3.63, 3.8) is 0 Å². The van der Waals surface area contributed by atoms with Crippen molar-refractivity contribution < 1.29 is 9.47 Å². The smallest absolute Gasteiger partial charge is 0.119 e. The molecule has 0 fully saturated rings. The Hall–Kier alpha value is -3.04. The summed E-state index contributed by atoms with van der Waals surface area (Å²) in [5.74, 6) is 1.77. The Bertz CT molecular complexity index is 1070. The average molecular weight is 387 g/mol. The van der Waals surface area contributed by atoms with E-state index in [0.29, 0.717) is 0 Å². The molecule has 1 aromatic heterocycles. The largest absolute Gasteiger partial charge is 0.497 e. The van der Waals surface area contributed by atoms with Crippen molar-refractivity contribution >= 4 is 11.3 Å². The summed E-state index contributed by atoms with van der Waals surface area (Å²) in [6.45, 7) is 0. The zero-order valence-electron chi connectivity index (χ0n) is 16.0. The minimum absolute atomic E-state index is 0.863. The number of thiophene rings is 1. The molecule has 0 radical (unpaired) electrons. The second kappa shape index (κ2) is 8.32. The summed E-state index contributed by atoms with van der Waals surface area (Å²) in [7, 11) is 3.41. The van der Waals surface area contributed by atoms with E-state index in [9.17, 15) is 0 Å². The molecule has 28 heavy (non-hydrogen) atoms. The molecular formula is C25H22O2S. The summed E-state index contributed by atoms with van der Waals surface area (Å²) >= 11 is 1.83. The summed E-state index contributed by atoms with van der Waals surface area (Å²) in [6, 6.07) is 29.4. The lowest BCUT2D eigenvalue weighted by molar-refractivity contribution is 0.414. The molecule has 4 rings (SSSR count). The molecule has 0 spiro atoms. The quantitative estimate of drug-likeness (QED) is 0.367. The summed E-state index contributed by atoms with van der Waals surface area (Å²) in [5.41, 5.74) is 4.99. The third-order valence-corrected chi connectivity index (χ3v) is 6.00. The van der Waals surface area contributed by atoms with Crippen LogP contribution in [0.1, 0.15) is 11.1 Å². The van der Waals surface area contributed by atoms with E-state index in [1.165, 1.54) is 32.0 Å². The first-order chi connectivity index (χ1) is 13.8. The van der Waals surface area contributed by atoms with Crippen molar-refractivity contribution in [2.24, 2.45) is 0 Å². The van der Waals surface area contributed by atoms with Crippen molar-refractivity contribution in [2.45, 2.75) is 6.42 Å². The molecule has 0 atom stereocenters. The predicted molar refractivity (Wildman–Crippen MR) is 118 cm³/mol. The van der Waals surface area contributed by atoms with E-state index in [2.05, 4.69) is 60.7 Å². The van der Waals surface area contributed by atoms with Crippen LogP contribution < -0.4 is 9.47 Å². The van der Waals surface area contributed by atoms with Gasteiger partial charge in [0.15, 0.2) is 0 Å². The number of rotatable bonds is 6. The lowest BCUT2D eigenvalue weighted by Gasteiger charge is -2.06. The van der Waals surface area contributed by atoms with Gasteiger partial charge in [-0.1, -0.05) is 54.6 Å². The lowest BCUT2D eigenvalue weighted by Crippen LogP contribution is -1.90. The Balaban J connectivity index is 1.78. The zero-order chi connectivity index (χ0) is 19.3. The van der Waals surface area contributed by atoms with Crippen molar-refractivity contribution in [3.8, 4) is 32.4 Å². The SMILES string of the molecule is COc1cccc(Cc2cc(-c3cccc(OC)c3)sc2-c2ccccc2)c1. The van der Waals surface area contributed by atoms with Crippen LogP contribution in [0.15, 0.2) is 84.9 Å². The summed E-state index contributed by atoms with van der Waals surface area (Å²) < 4.78 is 10.8. The standard InChI is InChI=1S/C25H22O2S/c1-26-22-12-6-8-18(15-22)14-21-17-24(20-11-7-13-23(16-20)27-2)28-25(21)19-9-4-3-5-10-19/h3-13,15-17H,14H2,1-2H3. The minimum atomic E-state index is 0.863. The van der Waals surface area contributed by atoms with Crippen LogP contribution in [0.4, 0.5) is 0 Å². The molecule has 0 N–H and O–H groups in total. The Kier molecular flexibility index (Phi) is 5.45. The van der Waals surface area contributed by atoms with E-state index in [1.54, 1.807) is 14.2 Å². The van der Waals surface area contributed by atoms with E-state index in [0.717, 1.165) is 17.9 Å². The normalized spacial score (nSPS) is 10.6. The first-order valence-corrected chi connectivity index (χ1v) is 10.0. The van der Waals surface area contributed by atoms with Crippen molar-refractivity contribution in [2.75, 3.05) is 14.2 Å². The van der Waals surface area contributed by atoms with Gasteiger partial charge in [-0.25, -0.2) is 0 Å². The molecule has 0 aliphatic carbocycles. The van der Waals surface area contributed by atoms with Gasteiger partial charge in [-0.15, -0.1) is 11.3 Å². The number of hydrogen-bond donors (Lipinski definition) is 0. The molecule has 0 saturated carbocycles. The van der Waals surface area contributed by atoms with Crippen LogP contribution in [0.3, 0.4) is 0 Å². The first kappa shape index (κ1) is 18.3. The maximum atomic E-state index is 5.41. The van der Waals surface area contributed by atoms with Crippen LogP contribution in [-0.4, -0.2) is 14.2 Å². The lowest BCUT2D eigenvalue weighted by atomic mass is 10.0. The fourth-order valence-electron chi connectivity index (χ4n) is 3.31. The molecule has 140 valence electrons. The van der Waals surface area contributed by atoms with Gasteiger partial charge >= 0.3 is 0 Å². The van der Waals surface area contributed by atoms with Crippen LogP contribution in [0.2, 0.25) is 0 Å². The summed E-state index contributed by atoms with van der Waals surface area (Å²) in [4.78, 5) is 2.55. The third kappa shape index (κ3) is 3.95. The Morgan fingerprint density at radius 3 is 2.11 bits per heavy atom. The maximum absolute atomic E-state index is 5.41. The number of benzene rings is 3. The van der Waals surface area contributed by atoms with Gasteiger partial charge < -0.3 is 9.47 Å². The molecule has 2 nitrogen and oxygen atoms in total. The topological polar surface area (TPSA) is 18.5 Å². The molecule has 0 unspecified atom stereocenters. The fraction of sp³-hybridized carbons (Fsp3) is 0.120. The number of ether oxygens (including phenoxy) is 2. The van der Waals surface area contributed by atoms with Gasteiger partial charge in [-0.3, -0.25) is 0 Å². The van der Waals surface area contributed by atoms with Gasteiger partial charge in [0.05, 0.1) is 14.2 Å². The number of hydrogen-bond acceptors (Lipinski definition) is 3. The van der Waals surface area contributed by atoms with E-state index >= 15 is 0 Å². The molecule has 3 heteroatoms. The highest BCUT2D eigenvalue weighted by molar-refractivity contribution is 7.19. The van der Waals surface area contributed by atoms with Gasteiger partial charge in [0.1, 0.15) is 11.5 Å². The molecule has 3 aromatic carbocycles. The average Bonchev–Trinajstić information content (AvgIpc) is 3.18. The van der Waals surface area contributed by atoms with Gasteiger partial charge in [0, 0.05) is 9.75 Å². The van der Waals surface area contributed by atoms with Crippen molar-refractivity contribution in [1.82, 2.24) is 0 Å². The summed E-state index contributed by atoms with van der Waals surface area (Å²) in [5, 5.41) is 0. The van der Waals surface area contributed by atoms with Gasteiger partial charge in [0.2, 0.25) is 0 Å². The molecule has 0 aliphatic heterocycles. The monoisotopic (exact) mass is 386 g/mol. The number of methoxy groups -OCH3 is 2. The van der Waals surface area contributed by atoms with Crippen LogP contribution in [0.5, 0.6) is 11.5 Å². The highest BCUT2D eigenvalue weighted by atomic mass is 32.1. The second-order valence-electron chi connectivity index (χ2n) is 6.59. The Labute approximate surface area is 170 Å². The van der Waals surface area contributed by atoms with E-state index in [1.807, 2.05) is 35.6 Å². The van der Waals surface area contributed by atoms with Crippen molar-refractivity contribution in [3.05, 3.63) is 96.1 Å². The first-order valence-electron chi connectivity index (χ1n) is 9.22. The molecule has 0 amide bonds. The zero-order valence-corrected chi connectivity index (χ0v) is 16.8. The molecule has 0 bridgehead atoms. The van der Waals surface area contributed by atoms with Crippen LogP contribution >= 0.6 is 11.3 Å². The van der Waals surface area contributed by atoms with Crippen LogP contribution in [-0.2, 0) is 6.42 Å². The third-order valence-electron chi connectivity index (χ3n) is 4.73. The highest BCUT2D eigenvalue weighted by Gasteiger charge is 2.14. The van der Waals surface area contributed by atoms with E-state index in [4.69, 9.17) is 9.47 Å². The van der Waals surface area contributed by atoms with Crippen molar-refractivity contribution in [1.29, 1.82) is 0 Å². The maximum Gasteiger partial charge on any atom is 0.119 e. The summed E-state index contributed by atoms with van der Waals surface area (Å²) in [6.07, 6.45) is 0.863. The highest BCUT2D eigenvalue weighted by Crippen LogP contribution is 2.40. The Morgan fingerprint density at radius 2 is 1.36 bits per heavy atom. The van der Waals surface area contributed by atoms with Gasteiger partial charge in [-0.2, -0.15) is 0 Å². The molecule has 0 saturated heterocycles. The second-order valence-corrected chi connectivity index (χ2v) is 7.64. The minimum Gasteiger partial charge on any atom is -0.497 e. The van der Waals surface area contributed by atoms with Crippen LogP contribution in [0.25, 0.3) is 20.9 Å². The molecule has 1 heterocycles. The Morgan fingerprint density at radius 1 is 0.679 bits per heavy atom. The predicted octanol–water partition coefficient (Wildman–Crippen LogP) is 6.69. The van der Waals surface area contributed by atoms with E-state index < -0.39 is 0 Å².